The van der Waals surface area contributed by atoms with Gasteiger partial charge in [-0.05, 0) is 37.3 Å². The molecule has 0 amide bonds. The fourth-order valence-corrected chi connectivity index (χ4v) is 3.12. The molecule has 2 aromatic heterocycles. The molecule has 1 saturated carbocycles. The van der Waals surface area contributed by atoms with Crippen molar-refractivity contribution < 1.29 is 5.11 Å². The van der Waals surface area contributed by atoms with Gasteiger partial charge in [-0.3, -0.25) is 4.98 Å². The molecule has 0 radical (unpaired) electrons. The van der Waals surface area contributed by atoms with Crippen LogP contribution in [0, 0.1) is 12.8 Å². The van der Waals surface area contributed by atoms with E-state index in [0.717, 1.165) is 31.6 Å². The van der Waals surface area contributed by atoms with E-state index in [1.165, 1.54) is 5.56 Å². The third-order valence-corrected chi connectivity index (χ3v) is 4.33. The topological polar surface area (TPSA) is 63.0 Å². The molecule has 5 heteroatoms. The summed E-state index contributed by atoms with van der Waals surface area (Å²) in [5.74, 6) is 0.502. The van der Waals surface area contributed by atoms with Gasteiger partial charge in [-0.15, -0.1) is 0 Å². The lowest BCUT2D eigenvalue weighted by atomic mass is 10.1. The molecule has 3 atom stereocenters. The lowest BCUT2D eigenvalue weighted by Gasteiger charge is -2.17. The average Bonchev–Trinajstić information content (AvgIpc) is 3.09. The Bertz CT molecular complexity index is 569. The molecule has 1 aliphatic carbocycles. The zero-order valence-electron chi connectivity index (χ0n) is 12.3. The molecule has 21 heavy (non-hydrogen) atoms. The molecule has 1 unspecified atom stereocenters. The maximum absolute atomic E-state index is 10.2. The van der Waals surface area contributed by atoms with Gasteiger partial charge in [-0.25, -0.2) is 4.98 Å². The van der Waals surface area contributed by atoms with Gasteiger partial charge in [0, 0.05) is 43.4 Å². The van der Waals surface area contributed by atoms with Crippen LogP contribution in [0.25, 0.3) is 0 Å². The predicted molar refractivity (Wildman–Crippen MR) is 80.6 cm³/mol. The first-order valence-electron chi connectivity index (χ1n) is 7.50. The standard InChI is InChI=1S/C16H22N4O/c1-12-14(3-2-4-18-12)9-19-15-7-13(8-16(15)21)10-20-6-5-17-11-20/h2-6,11,13,15-16,19,21H,7-10H2,1H3/t13?,15-,16-/m1/s1. The molecular formula is C16H22N4O. The Balaban J connectivity index is 1.53. The number of pyridine rings is 1. The van der Waals surface area contributed by atoms with E-state index in [9.17, 15) is 5.11 Å². The highest BCUT2D eigenvalue weighted by Gasteiger charge is 2.32. The van der Waals surface area contributed by atoms with Crippen LogP contribution in [0.15, 0.2) is 37.1 Å². The Morgan fingerprint density at radius 3 is 3.05 bits per heavy atom. The van der Waals surface area contributed by atoms with Gasteiger partial charge in [0.15, 0.2) is 0 Å². The Kier molecular flexibility index (Phi) is 4.31. The molecule has 0 aromatic carbocycles. The number of rotatable bonds is 5. The number of aliphatic hydroxyl groups excluding tert-OH is 1. The van der Waals surface area contributed by atoms with Gasteiger partial charge >= 0.3 is 0 Å². The summed E-state index contributed by atoms with van der Waals surface area (Å²) in [5, 5.41) is 13.7. The van der Waals surface area contributed by atoms with E-state index < -0.39 is 0 Å². The van der Waals surface area contributed by atoms with E-state index >= 15 is 0 Å². The predicted octanol–water partition coefficient (Wildman–Crippen LogP) is 1.52. The maximum atomic E-state index is 10.2. The molecule has 0 spiro atoms. The van der Waals surface area contributed by atoms with Gasteiger partial charge in [0.05, 0.1) is 12.4 Å². The minimum Gasteiger partial charge on any atom is -0.391 e. The zero-order chi connectivity index (χ0) is 14.7. The minimum atomic E-state index is -0.268. The minimum absolute atomic E-state index is 0.165. The molecule has 3 rings (SSSR count). The summed E-state index contributed by atoms with van der Waals surface area (Å²) in [6, 6.07) is 4.20. The Labute approximate surface area is 125 Å². The van der Waals surface area contributed by atoms with Crippen LogP contribution in [0.5, 0.6) is 0 Å². The SMILES string of the molecule is Cc1ncccc1CN[C@@H]1CC(Cn2ccnc2)C[C@H]1O. The Morgan fingerprint density at radius 2 is 2.29 bits per heavy atom. The first-order chi connectivity index (χ1) is 10.2. The maximum Gasteiger partial charge on any atom is 0.0945 e. The Morgan fingerprint density at radius 1 is 1.38 bits per heavy atom. The molecule has 0 aliphatic heterocycles. The number of aryl methyl sites for hydroxylation is 1. The van der Waals surface area contributed by atoms with Gasteiger partial charge in [-0.1, -0.05) is 6.07 Å². The third-order valence-electron chi connectivity index (χ3n) is 4.33. The van der Waals surface area contributed by atoms with Crippen molar-refractivity contribution >= 4 is 0 Å². The van der Waals surface area contributed by atoms with Gasteiger partial charge in [-0.2, -0.15) is 0 Å². The van der Waals surface area contributed by atoms with Crippen LogP contribution in [-0.4, -0.2) is 31.8 Å². The van der Waals surface area contributed by atoms with Crippen molar-refractivity contribution in [2.45, 2.75) is 45.0 Å². The van der Waals surface area contributed by atoms with E-state index in [0.29, 0.717) is 5.92 Å². The largest absolute Gasteiger partial charge is 0.391 e. The summed E-state index contributed by atoms with van der Waals surface area (Å²) in [5.41, 5.74) is 2.25. The Hall–Kier alpha value is -1.72. The van der Waals surface area contributed by atoms with Crippen molar-refractivity contribution in [3.8, 4) is 0 Å². The van der Waals surface area contributed by atoms with Crippen molar-refractivity contribution in [3.05, 3.63) is 48.3 Å². The number of nitrogens with zero attached hydrogens (tertiary/aromatic N) is 3. The molecule has 112 valence electrons. The molecule has 1 fully saturated rings. The van der Waals surface area contributed by atoms with Crippen LogP contribution in [0.3, 0.4) is 0 Å². The van der Waals surface area contributed by atoms with E-state index in [2.05, 4.69) is 25.9 Å². The number of aliphatic hydroxyl groups is 1. The van der Waals surface area contributed by atoms with E-state index in [4.69, 9.17) is 0 Å². The molecule has 5 nitrogen and oxygen atoms in total. The molecule has 1 aliphatic rings. The zero-order valence-corrected chi connectivity index (χ0v) is 12.3. The quantitative estimate of drug-likeness (QED) is 0.874. The fraction of sp³-hybridized carbons (Fsp3) is 0.500. The average molecular weight is 286 g/mol. The summed E-state index contributed by atoms with van der Waals surface area (Å²) in [4.78, 5) is 8.36. The summed E-state index contributed by atoms with van der Waals surface area (Å²) in [6.45, 7) is 3.71. The molecule has 2 aromatic rings. The van der Waals surface area contributed by atoms with E-state index in [1.807, 2.05) is 31.7 Å². The number of aromatic nitrogens is 3. The summed E-state index contributed by atoms with van der Waals surface area (Å²) in [6.07, 6.45) is 9.01. The van der Waals surface area contributed by atoms with Crippen LogP contribution in [0.1, 0.15) is 24.1 Å². The summed E-state index contributed by atoms with van der Waals surface area (Å²) >= 11 is 0. The number of hydrogen-bond donors (Lipinski definition) is 2. The van der Waals surface area contributed by atoms with Crippen molar-refractivity contribution in [2.75, 3.05) is 0 Å². The second kappa shape index (κ2) is 6.37. The van der Waals surface area contributed by atoms with Crippen molar-refractivity contribution in [3.63, 3.8) is 0 Å². The van der Waals surface area contributed by atoms with Crippen LogP contribution in [-0.2, 0) is 13.1 Å². The molecule has 0 bridgehead atoms. The highest BCUT2D eigenvalue weighted by atomic mass is 16.3. The van der Waals surface area contributed by atoms with Crippen molar-refractivity contribution in [1.29, 1.82) is 0 Å². The smallest absolute Gasteiger partial charge is 0.0945 e. The highest BCUT2D eigenvalue weighted by molar-refractivity contribution is 5.18. The lowest BCUT2D eigenvalue weighted by Crippen LogP contribution is -2.35. The molecule has 2 N–H and O–H groups in total. The highest BCUT2D eigenvalue weighted by Crippen LogP contribution is 2.27. The monoisotopic (exact) mass is 286 g/mol. The van der Waals surface area contributed by atoms with Gasteiger partial charge < -0.3 is 15.0 Å². The lowest BCUT2D eigenvalue weighted by molar-refractivity contribution is 0.145. The van der Waals surface area contributed by atoms with E-state index in [1.54, 1.807) is 6.20 Å². The van der Waals surface area contributed by atoms with Crippen LogP contribution in [0.2, 0.25) is 0 Å². The molecule has 2 heterocycles. The first kappa shape index (κ1) is 14.2. The number of hydrogen-bond acceptors (Lipinski definition) is 4. The second-order valence-corrected chi connectivity index (χ2v) is 5.90. The summed E-state index contributed by atoms with van der Waals surface area (Å²) in [7, 11) is 0. The molecule has 0 saturated heterocycles. The second-order valence-electron chi connectivity index (χ2n) is 5.90. The first-order valence-corrected chi connectivity index (χ1v) is 7.50. The summed E-state index contributed by atoms with van der Waals surface area (Å²) < 4.78 is 2.09. The van der Waals surface area contributed by atoms with Crippen molar-refractivity contribution in [2.24, 2.45) is 5.92 Å². The number of nitrogens with one attached hydrogen (secondary N) is 1. The molecular weight excluding hydrogens is 264 g/mol. The number of imidazole rings is 1. The van der Waals surface area contributed by atoms with Gasteiger partial charge in [0.2, 0.25) is 0 Å². The van der Waals surface area contributed by atoms with E-state index in [-0.39, 0.29) is 12.1 Å². The normalized spacial score (nSPS) is 25.3. The van der Waals surface area contributed by atoms with Gasteiger partial charge in [0.25, 0.3) is 0 Å². The fourth-order valence-electron chi connectivity index (χ4n) is 3.12. The van der Waals surface area contributed by atoms with Crippen LogP contribution in [0.4, 0.5) is 0 Å². The van der Waals surface area contributed by atoms with Gasteiger partial charge in [0.1, 0.15) is 0 Å². The van der Waals surface area contributed by atoms with Crippen LogP contribution < -0.4 is 5.32 Å². The van der Waals surface area contributed by atoms with Crippen molar-refractivity contribution in [1.82, 2.24) is 19.9 Å². The van der Waals surface area contributed by atoms with Crippen LogP contribution >= 0.6 is 0 Å². The third kappa shape index (κ3) is 3.49.